The number of unbranched alkanes of at least 4 members (excludes halogenated alkanes) is 2. The summed E-state index contributed by atoms with van der Waals surface area (Å²) in [7, 11) is 0. The highest BCUT2D eigenvalue weighted by Gasteiger charge is 2.45. The van der Waals surface area contributed by atoms with Gasteiger partial charge in [-0.1, -0.05) is 280 Å². The van der Waals surface area contributed by atoms with E-state index in [0.717, 1.165) is 59.7 Å². The van der Waals surface area contributed by atoms with Crippen LogP contribution in [0.15, 0.2) is 278 Å². The first kappa shape index (κ1) is 53.7. The minimum absolute atomic E-state index is 0.132. The monoisotopic (exact) mass is 1060 g/mol. The minimum atomic E-state index is -0.178. The van der Waals surface area contributed by atoms with Crippen LogP contribution in [0.4, 0.5) is 22.7 Å². The lowest BCUT2D eigenvalue weighted by Gasteiger charge is -2.45. The molecule has 2 aliphatic rings. The zero-order valence-corrected chi connectivity index (χ0v) is 48.8. The number of hydrogen-bond donors (Lipinski definition) is 0. The van der Waals surface area contributed by atoms with E-state index in [1.54, 1.807) is 0 Å². The molecule has 402 valence electrons. The van der Waals surface area contributed by atoms with E-state index < -0.39 is 0 Å². The number of allylic oxidation sites excluding steroid dienone is 3. The van der Waals surface area contributed by atoms with E-state index in [4.69, 9.17) is 6.58 Å². The molecule has 0 spiro atoms. The maximum atomic E-state index is 4.98. The molecule has 10 aromatic carbocycles. The van der Waals surface area contributed by atoms with Gasteiger partial charge in [0.1, 0.15) is 0 Å². The Balaban J connectivity index is 1.27. The van der Waals surface area contributed by atoms with E-state index in [0.29, 0.717) is 0 Å². The Morgan fingerprint density at radius 1 is 0.415 bits per heavy atom. The van der Waals surface area contributed by atoms with E-state index in [1.165, 1.54) is 94.3 Å². The maximum absolute atomic E-state index is 4.98. The molecule has 0 fully saturated rings. The van der Waals surface area contributed by atoms with Crippen molar-refractivity contribution in [3.63, 3.8) is 0 Å². The van der Waals surface area contributed by atoms with Crippen molar-refractivity contribution in [1.29, 1.82) is 0 Å². The second kappa shape index (κ2) is 22.6. The lowest BCUT2D eigenvalue weighted by molar-refractivity contribution is 0.590. The molecule has 2 aliphatic heterocycles. The fourth-order valence-electron chi connectivity index (χ4n) is 12.3. The molecular formula is C79H73BN2. The van der Waals surface area contributed by atoms with Crippen LogP contribution < -0.4 is 20.7 Å². The highest BCUT2D eigenvalue weighted by atomic mass is 15.2. The van der Waals surface area contributed by atoms with E-state index in [-0.39, 0.29) is 17.5 Å². The third-order valence-corrected chi connectivity index (χ3v) is 16.7. The SMILES string of the molecule is C=C(/C=C1\C2=CN(c3c(-c4ccccc4)cc(C(C)(C)C)cc3-c3ccccc3)c3ccc(-c4ccccc4)cc3B2c2cc(-c3ccccc3)ccc2N1c1c(-c2ccccc2)cc(C(C)(C)C)cc1-c1ccccc1)CCCCC. The molecular weight excluding hydrogens is 988 g/mol. The summed E-state index contributed by atoms with van der Waals surface area (Å²) in [6.45, 7) is 21.1. The van der Waals surface area contributed by atoms with Crippen LogP contribution in [0.5, 0.6) is 0 Å². The predicted molar refractivity (Wildman–Crippen MR) is 355 cm³/mol. The minimum Gasteiger partial charge on any atom is -0.317 e. The lowest BCUT2D eigenvalue weighted by atomic mass is 9.33. The van der Waals surface area contributed by atoms with Crippen molar-refractivity contribution in [1.82, 2.24) is 0 Å². The average molecular weight is 1060 g/mol. The topological polar surface area (TPSA) is 6.48 Å². The van der Waals surface area contributed by atoms with Crippen molar-refractivity contribution in [3.8, 4) is 66.8 Å². The maximum Gasteiger partial charge on any atom is 0.251 e. The van der Waals surface area contributed by atoms with Crippen LogP contribution >= 0.6 is 0 Å². The van der Waals surface area contributed by atoms with Gasteiger partial charge in [-0.15, -0.1) is 0 Å². The molecule has 0 N–H and O–H groups in total. The Kier molecular flexibility index (Phi) is 14.8. The molecule has 0 unspecified atom stereocenters. The zero-order valence-electron chi connectivity index (χ0n) is 48.8. The number of fused-ring (bicyclic) bond motifs is 5. The molecule has 0 aliphatic carbocycles. The first-order valence-electron chi connectivity index (χ1n) is 29.5. The lowest BCUT2D eigenvalue weighted by Crippen LogP contribution is -2.55. The molecule has 82 heavy (non-hydrogen) atoms. The first-order chi connectivity index (χ1) is 39.8. The summed E-state index contributed by atoms with van der Waals surface area (Å²) in [5.41, 5.74) is 27.0. The number of hydrogen-bond acceptors (Lipinski definition) is 2. The number of nitrogens with zero attached hydrogens (tertiary/aromatic N) is 2. The molecule has 0 bridgehead atoms. The van der Waals surface area contributed by atoms with Gasteiger partial charge < -0.3 is 9.80 Å². The summed E-state index contributed by atoms with van der Waals surface area (Å²) in [5, 5.41) is 0. The molecule has 12 rings (SSSR count). The summed E-state index contributed by atoms with van der Waals surface area (Å²) in [6.07, 6.45) is 9.24. The summed E-state index contributed by atoms with van der Waals surface area (Å²) in [5.74, 6) is 0. The van der Waals surface area contributed by atoms with Gasteiger partial charge in [-0.05, 0) is 138 Å². The highest BCUT2D eigenvalue weighted by Crippen LogP contribution is 2.53. The van der Waals surface area contributed by atoms with Crippen LogP contribution in [-0.4, -0.2) is 6.71 Å². The van der Waals surface area contributed by atoms with Crippen LogP contribution in [-0.2, 0) is 10.8 Å². The Morgan fingerprint density at radius 2 is 0.780 bits per heavy atom. The first-order valence-corrected chi connectivity index (χ1v) is 29.5. The standard InChI is InChI=1S/C79H73BN2/c1-9-10-17-30-55(2)47-75-72-54-81(76-66(58-35-22-13-23-36-58)50-64(78(3,4)5)51-67(76)59-37-24-14-25-38-59)73-45-43-62(56-31-18-11-19-32-56)48-70(73)80(72)71-49-63(57-33-20-12-21-34-57)44-46-74(71)82(75)77-68(60-39-26-15-27-40-60)52-65(79(6,7)8)53-69(77)61-41-28-16-29-42-61/h11-16,18-29,31-54H,2,9-10,17,30H2,1,3-8H3/b75-47+. The highest BCUT2D eigenvalue weighted by molar-refractivity contribution is 6.94. The van der Waals surface area contributed by atoms with Gasteiger partial charge in [0.2, 0.25) is 0 Å². The van der Waals surface area contributed by atoms with Gasteiger partial charge in [0.05, 0.1) is 11.4 Å². The summed E-state index contributed by atoms with van der Waals surface area (Å²) in [4.78, 5) is 5.22. The molecule has 0 saturated carbocycles. The molecule has 3 heteroatoms. The quantitative estimate of drug-likeness (QED) is 0.0839. The number of anilines is 4. The average Bonchev–Trinajstić information content (AvgIpc) is 3.15. The van der Waals surface area contributed by atoms with Gasteiger partial charge >= 0.3 is 0 Å². The Hall–Kier alpha value is -8.92. The largest absolute Gasteiger partial charge is 0.317 e. The Bertz CT molecular complexity index is 3880. The molecule has 0 amide bonds. The zero-order chi connectivity index (χ0) is 56.5. The fraction of sp³-hybridized carbons (Fsp3) is 0.165. The van der Waals surface area contributed by atoms with Crippen LogP contribution in [0.3, 0.4) is 0 Å². The van der Waals surface area contributed by atoms with Gasteiger partial charge in [-0.25, -0.2) is 0 Å². The molecule has 0 saturated heterocycles. The van der Waals surface area contributed by atoms with Gasteiger partial charge in [-0.2, -0.15) is 0 Å². The molecule has 0 atom stereocenters. The third-order valence-electron chi connectivity index (χ3n) is 16.7. The van der Waals surface area contributed by atoms with Gasteiger partial charge in [0.15, 0.2) is 0 Å². The van der Waals surface area contributed by atoms with Gasteiger partial charge in [-0.3, -0.25) is 0 Å². The van der Waals surface area contributed by atoms with Crippen LogP contribution in [0.2, 0.25) is 0 Å². The third kappa shape index (κ3) is 10.5. The van der Waals surface area contributed by atoms with Crippen LogP contribution in [0.25, 0.3) is 66.8 Å². The van der Waals surface area contributed by atoms with Crippen molar-refractivity contribution in [2.75, 3.05) is 9.80 Å². The Labute approximate surface area is 488 Å². The summed E-state index contributed by atoms with van der Waals surface area (Å²) < 4.78 is 0. The molecule has 0 aromatic heterocycles. The molecule has 10 aromatic rings. The van der Waals surface area contributed by atoms with E-state index in [2.05, 4.69) is 313 Å². The van der Waals surface area contributed by atoms with Crippen molar-refractivity contribution in [3.05, 3.63) is 289 Å². The van der Waals surface area contributed by atoms with Crippen molar-refractivity contribution >= 4 is 40.4 Å². The molecule has 0 radical (unpaired) electrons. The predicted octanol–water partition coefficient (Wildman–Crippen LogP) is 20.6. The summed E-state index contributed by atoms with van der Waals surface area (Å²) in [6, 6.07) is 90.6. The normalized spacial score (nSPS) is 13.6. The van der Waals surface area contributed by atoms with E-state index in [9.17, 15) is 0 Å². The van der Waals surface area contributed by atoms with E-state index in [1.807, 2.05) is 0 Å². The van der Waals surface area contributed by atoms with Gasteiger partial charge in [0, 0.05) is 45.5 Å². The van der Waals surface area contributed by atoms with E-state index >= 15 is 0 Å². The molecule has 2 heterocycles. The van der Waals surface area contributed by atoms with Crippen molar-refractivity contribution in [2.24, 2.45) is 0 Å². The van der Waals surface area contributed by atoms with Crippen LogP contribution in [0.1, 0.15) is 85.3 Å². The van der Waals surface area contributed by atoms with Crippen molar-refractivity contribution in [2.45, 2.75) is 85.0 Å². The fourth-order valence-corrected chi connectivity index (χ4v) is 12.3. The number of benzene rings is 10. The second-order valence-corrected chi connectivity index (χ2v) is 24.5. The van der Waals surface area contributed by atoms with Crippen molar-refractivity contribution < 1.29 is 0 Å². The smallest absolute Gasteiger partial charge is 0.251 e. The van der Waals surface area contributed by atoms with Gasteiger partial charge in [0.25, 0.3) is 6.71 Å². The Morgan fingerprint density at radius 3 is 1.17 bits per heavy atom. The van der Waals surface area contributed by atoms with Crippen LogP contribution in [0, 0.1) is 0 Å². The number of rotatable bonds is 13. The second-order valence-electron chi connectivity index (χ2n) is 24.5. The molecule has 2 nitrogen and oxygen atoms in total. The summed E-state index contributed by atoms with van der Waals surface area (Å²) >= 11 is 0.